The van der Waals surface area contributed by atoms with Crippen LogP contribution in [0.15, 0.2) is 24.3 Å². The summed E-state index contributed by atoms with van der Waals surface area (Å²) >= 11 is 0. The predicted molar refractivity (Wildman–Crippen MR) is 61.3 cm³/mol. The minimum Gasteiger partial charge on any atom is -0.478 e. The number of carboxylic acids is 1. The number of hydrogen-bond donors (Lipinski definition) is 3. The second-order valence-corrected chi connectivity index (χ2v) is 3.68. The van der Waals surface area contributed by atoms with Crippen molar-refractivity contribution in [3.05, 3.63) is 35.4 Å². The van der Waals surface area contributed by atoms with E-state index in [9.17, 15) is 9.59 Å². The third-order valence-electron chi connectivity index (χ3n) is 2.34. The third-order valence-corrected chi connectivity index (χ3v) is 2.34. The largest absolute Gasteiger partial charge is 0.478 e. The quantitative estimate of drug-likeness (QED) is 0.624. The van der Waals surface area contributed by atoms with E-state index in [-0.39, 0.29) is 30.9 Å². The van der Waals surface area contributed by atoms with Gasteiger partial charge in [-0.2, -0.15) is 0 Å². The van der Waals surface area contributed by atoms with Crippen molar-refractivity contribution in [2.45, 2.75) is 0 Å². The number of carbonyl (C=O) groups is 2. The van der Waals surface area contributed by atoms with Gasteiger partial charge in [0.15, 0.2) is 0 Å². The number of aromatic carboxylic acids is 1. The maximum absolute atomic E-state index is 11.7. The van der Waals surface area contributed by atoms with Gasteiger partial charge in [-0.15, -0.1) is 0 Å². The zero-order valence-corrected chi connectivity index (χ0v) is 9.57. The van der Waals surface area contributed by atoms with Crippen molar-refractivity contribution in [1.82, 2.24) is 0 Å². The van der Waals surface area contributed by atoms with E-state index in [1.54, 1.807) is 0 Å². The van der Waals surface area contributed by atoms with Crippen molar-refractivity contribution in [3.8, 4) is 0 Å². The van der Waals surface area contributed by atoms with Gasteiger partial charge in [0.1, 0.15) is 0 Å². The van der Waals surface area contributed by atoms with Crippen molar-refractivity contribution < 1.29 is 29.6 Å². The number of hydrogen-bond acceptors (Lipinski definition) is 5. The van der Waals surface area contributed by atoms with Crippen LogP contribution in [-0.2, 0) is 4.74 Å². The molecule has 0 aliphatic rings. The summed E-state index contributed by atoms with van der Waals surface area (Å²) in [7, 11) is 0. The zero-order valence-electron chi connectivity index (χ0n) is 9.57. The molecule has 0 fully saturated rings. The first-order chi connectivity index (χ1) is 8.60. The van der Waals surface area contributed by atoms with E-state index >= 15 is 0 Å². The molecule has 0 spiro atoms. The first kappa shape index (κ1) is 14.1. The van der Waals surface area contributed by atoms with Gasteiger partial charge in [-0.1, -0.05) is 12.1 Å². The van der Waals surface area contributed by atoms with E-state index in [0.717, 1.165) is 0 Å². The Balaban J connectivity index is 2.75. The number of aliphatic hydroxyl groups is 2. The SMILES string of the molecule is O=C(O)c1ccccc1C(=O)OCC(CO)CO. The van der Waals surface area contributed by atoms with Crippen LogP contribution in [0.25, 0.3) is 0 Å². The molecule has 0 heterocycles. The highest BCUT2D eigenvalue weighted by Crippen LogP contribution is 2.11. The maximum atomic E-state index is 11.7. The summed E-state index contributed by atoms with van der Waals surface area (Å²) in [6.45, 7) is -0.797. The van der Waals surface area contributed by atoms with E-state index in [1.165, 1.54) is 24.3 Å². The van der Waals surface area contributed by atoms with Crippen LogP contribution in [0.1, 0.15) is 20.7 Å². The number of carboxylic acid groups (broad SMARTS) is 1. The number of benzene rings is 1. The van der Waals surface area contributed by atoms with E-state index in [4.69, 9.17) is 20.1 Å². The average Bonchev–Trinajstić information content (AvgIpc) is 2.39. The van der Waals surface area contributed by atoms with Crippen LogP contribution in [0, 0.1) is 5.92 Å². The average molecular weight is 254 g/mol. The van der Waals surface area contributed by atoms with Crippen LogP contribution in [0.3, 0.4) is 0 Å². The van der Waals surface area contributed by atoms with Gasteiger partial charge >= 0.3 is 11.9 Å². The predicted octanol–water partition coefficient (Wildman–Crippen LogP) is 0.142. The number of carbonyl (C=O) groups excluding carboxylic acids is 1. The summed E-state index contributed by atoms with van der Waals surface area (Å²) in [5.74, 6) is -2.57. The fourth-order valence-electron chi connectivity index (χ4n) is 1.28. The minimum absolute atomic E-state index is 0.0559. The Hall–Kier alpha value is -1.92. The molecule has 0 amide bonds. The number of aliphatic hydroxyl groups excluding tert-OH is 2. The van der Waals surface area contributed by atoms with Crippen molar-refractivity contribution >= 4 is 11.9 Å². The molecule has 0 radical (unpaired) electrons. The molecule has 6 heteroatoms. The van der Waals surface area contributed by atoms with Crippen molar-refractivity contribution in [2.24, 2.45) is 5.92 Å². The molecule has 3 N–H and O–H groups in total. The monoisotopic (exact) mass is 254 g/mol. The summed E-state index contributed by atoms with van der Waals surface area (Å²) in [6, 6.07) is 5.68. The topological polar surface area (TPSA) is 104 Å². The highest BCUT2D eigenvalue weighted by atomic mass is 16.5. The Morgan fingerprint density at radius 2 is 1.67 bits per heavy atom. The Bertz CT molecular complexity index is 424. The molecular formula is C12H14O6. The molecule has 0 aromatic heterocycles. The molecule has 0 aliphatic heterocycles. The van der Waals surface area contributed by atoms with Crippen LogP contribution in [0.2, 0.25) is 0 Å². The van der Waals surface area contributed by atoms with Crippen molar-refractivity contribution in [1.29, 1.82) is 0 Å². The molecule has 1 rings (SSSR count). The Labute approximate surface area is 103 Å². The van der Waals surface area contributed by atoms with Crippen LogP contribution < -0.4 is 0 Å². The minimum atomic E-state index is -1.22. The molecule has 1 aromatic rings. The molecule has 0 saturated carbocycles. The third kappa shape index (κ3) is 3.54. The number of rotatable bonds is 6. The van der Waals surface area contributed by atoms with E-state index in [1.807, 2.05) is 0 Å². The Morgan fingerprint density at radius 3 is 2.17 bits per heavy atom. The lowest BCUT2D eigenvalue weighted by Crippen LogP contribution is -2.21. The molecule has 6 nitrogen and oxygen atoms in total. The summed E-state index contributed by atoms with van der Waals surface area (Å²) in [4.78, 5) is 22.5. The van der Waals surface area contributed by atoms with Gasteiger partial charge in [-0.25, -0.2) is 9.59 Å². The second kappa shape index (κ2) is 6.73. The van der Waals surface area contributed by atoms with Crippen molar-refractivity contribution in [2.75, 3.05) is 19.8 Å². The fraction of sp³-hybridized carbons (Fsp3) is 0.333. The summed E-state index contributed by atoms with van der Waals surface area (Å²) < 4.78 is 4.84. The number of ether oxygens (including phenoxy) is 1. The van der Waals surface area contributed by atoms with Crippen LogP contribution in [-0.4, -0.2) is 47.1 Å². The molecule has 18 heavy (non-hydrogen) atoms. The summed E-state index contributed by atoms with van der Waals surface area (Å²) in [5.41, 5.74) is -0.202. The Kier molecular flexibility index (Phi) is 5.29. The van der Waals surface area contributed by atoms with Crippen molar-refractivity contribution in [3.63, 3.8) is 0 Å². The lowest BCUT2D eigenvalue weighted by molar-refractivity contribution is 0.0299. The lowest BCUT2D eigenvalue weighted by Gasteiger charge is -2.12. The Morgan fingerprint density at radius 1 is 1.11 bits per heavy atom. The molecule has 0 unspecified atom stereocenters. The second-order valence-electron chi connectivity index (χ2n) is 3.68. The van der Waals surface area contributed by atoms with Crippen LogP contribution in [0.5, 0.6) is 0 Å². The standard InChI is InChI=1S/C12H14O6/c13-5-8(6-14)7-18-12(17)10-4-2-1-3-9(10)11(15)16/h1-4,8,13-14H,5-7H2,(H,15,16). The van der Waals surface area contributed by atoms with Gasteiger partial charge in [0, 0.05) is 5.92 Å². The molecule has 0 atom stereocenters. The molecular weight excluding hydrogens is 240 g/mol. The summed E-state index contributed by atoms with van der Waals surface area (Å²) in [5, 5.41) is 26.5. The van der Waals surface area contributed by atoms with Gasteiger partial charge in [0.05, 0.1) is 30.9 Å². The zero-order chi connectivity index (χ0) is 13.5. The van der Waals surface area contributed by atoms with Gasteiger partial charge in [-0.05, 0) is 12.1 Å². The van der Waals surface area contributed by atoms with Crippen LogP contribution >= 0.6 is 0 Å². The normalized spacial score (nSPS) is 10.4. The van der Waals surface area contributed by atoms with E-state index in [0.29, 0.717) is 0 Å². The summed E-state index contributed by atoms with van der Waals surface area (Å²) in [6.07, 6.45) is 0. The smallest absolute Gasteiger partial charge is 0.339 e. The van der Waals surface area contributed by atoms with E-state index in [2.05, 4.69) is 0 Å². The molecule has 0 saturated heterocycles. The van der Waals surface area contributed by atoms with E-state index < -0.39 is 17.9 Å². The maximum Gasteiger partial charge on any atom is 0.339 e. The first-order valence-electron chi connectivity index (χ1n) is 5.31. The highest BCUT2D eigenvalue weighted by molar-refractivity contribution is 6.02. The van der Waals surface area contributed by atoms with Gasteiger partial charge in [-0.3, -0.25) is 0 Å². The molecule has 0 bridgehead atoms. The fourth-order valence-corrected chi connectivity index (χ4v) is 1.28. The van der Waals surface area contributed by atoms with Gasteiger partial charge in [0.25, 0.3) is 0 Å². The molecule has 1 aromatic carbocycles. The molecule has 0 aliphatic carbocycles. The molecule has 98 valence electrons. The first-order valence-corrected chi connectivity index (χ1v) is 5.31. The van der Waals surface area contributed by atoms with Crippen LogP contribution in [0.4, 0.5) is 0 Å². The lowest BCUT2D eigenvalue weighted by atomic mass is 10.1. The van der Waals surface area contributed by atoms with Gasteiger partial charge in [0.2, 0.25) is 0 Å². The number of esters is 1. The van der Waals surface area contributed by atoms with Gasteiger partial charge < -0.3 is 20.1 Å². The highest BCUT2D eigenvalue weighted by Gasteiger charge is 2.18.